The minimum atomic E-state index is -0.0888. The number of aromatic nitrogens is 1. The number of aliphatic hydroxyl groups excluding tert-OH is 1. The second-order valence-electron chi connectivity index (χ2n) is 3.46. The standard InChI is InChI=1S/C13H13NO2/c1-10-12(9-15)14-13(16-10)8-7-11-5-3-2-4-6-11/h2-8,15H,9H2,1H3. The summed E-state index contributed by atoms with van der Waals surface area (Å²) in [7, 11) is 0. The van der Waals surface area contributed by atoms with Gasteiger partial charge in [0.2, 0.25) is 5.89 Å². The zero-order chi connectivity index (χ0) is 11.4. The number of oxazole rings is 1. The fourth-order valence-electron chi connectivity index (χ4n) is 1.40. The van der Waals surface area contributed by atoms with Gasteiger partial charge in [-0.25, -0.2) is 4.98 Å². The largest absolute Gasteiger partial charge is 0.442 e. The first-order valence-electron chi connectivity index (χ1n) is 5.10. The van der Waals surface area contributed by atoms with E-state index >= 15 is 0 Å². The maximum absolute atomic E-state index is 8.97. The van der Waals surface area contributed by atoms with E-state index in [1.165, 1.54) is 0 Å². The molecule has 0 atom stereocenters. The molecular weight excluding hydrogens is 202 g/mol. The Morgan fingerprint density at radius 2 is 2.00 bits per heavy atom. The predicted octanol–water partition coefficient (Wildman–Crippen LogP) is 2.65. The Bertz CT molecular complexity index is 486. The Morgan fingerprint density at radius 1 is 1.25 bits per heavy atom. The van der Waals surface area contributed by atoms with Gasteiger partial charge in [0.15, 0.2) is 0 Å². The first-order valence-corrected chi connectivity index (χ1v) is 5.10. The Kier molecular flexibility index (Phi) is 3.17. The van der Waals surface area contributed by atoms with Crippen molar-refractivity contribution in [3.63, 3.8) is 0 Å². The maximum Gasteiger partial charge on any atom is 0.219 e. The van der Waals surface area contributed by atoms with Crippen LogP contribution in [0.1, 0.15) is 22.9 Å². The molecule has 3 nitrogen and oxygen atoms in total. The van der Waals surface area contributed by atoms with Gasteiger partial charge in [-0.2, -0.15) is 0 Å². The van der Waals surface area contributed by atoms with E-state index in [4.69, 9.17) is 9.52 Å². The number of aryl methyl sites for hydroxylation is 1. The third kappa shape index (κ3) is 2.38. The van der Waals surface area contributed by atoms with Crippen LogP contribution in [0.5, 0.6) is 0 Å². The molecule has 1 aromatic carbocycles. The molecule has 82 valence electrons. The normalized spacial score (nSPS) is 11.1. The summed E-state index contributed by atoms with van der Waals surface area (Å²) in [6.07, 6.45) is 3.72. The van der Waals surface area contributed by atoms with E-state index in [-0.39, 0.29) is 6.61 Å². The first-order chi connectivity index (χ1) is 7.79. The van der Waals surface area contributed by atoms with Gasteiger partial charge in [0, 0.05) is 6.08 Å². The van der Waals surface area contributed by atoms with Gasteiger partial charge in [0.05, 0.1) is 6.61 Å². The lowest BCUT2D eigenvalue weighted by molar-refractivity contribution is 0.275. The highest BCUT2D eigenvalue weighted by Crippen LogP contribution is 2.12. The van der Waals surface area contributed by atoms with Crippen LogP contribution in [0.2, 0.25) is 0 Å². The van der Waals surface area contributed by atoms with Crippen molar-refractivity contribution in [1.29, 1.82) is 0 Å². The number of rotatable bonds is 3. The highest BCUT2D eigenvalue weighted by atomic mass is 16.4. The van der Waals surface area contributed by atoms with Crippen LogP contribution in [0.15, 0.2) is 34.7 Å². The average molecular weight is 215 g/mol. The Hall–Kier alpha value is -1.87. The molecule has 0 aliphatic carbocycles. The maximum atomic E-state index is 8.97. The first kappa shape index (κ1) is 10.6. The van der Waals surface area contributed by atoms with Crippen LogP contribution in [0, 0.1) is 6.92 Å². The van der Waals surface area contributed by atoms with Gasteiger partial charge in [-0.15, -0.1) is 0 Å². The molecule has 2 rings (SSSR count). The number of hydrogen-bond acceptors (Lipinski definition) is 3. The quantitative estimate of drug-likeness (QED) is 0.856. The molecule has 1 N–H and O–H groups in total. The van der Waals surface area contributed by atoms with Crippen molar-refractivity contribution in [2.75, 3.05) is 0 Å². The van der Waals surface area contributed by atoms with E-state index in [1.807, 2.05) is 36.4 Å². The number of hydrogen-bond donors (Lipinski definition) is 1. The summed E-state index contributed by atoms with van der Waals surface area (Å²) < 4.78 is 5.37. The van der Waals surface area contributed by atoms with Gasteiger partial charge in [-0.3, -0.25) is 0 Å². The highest BCUT2D eigenvalue weighted by molar-refractivity contribution is 5.65. The van der Waals surface area contributed by atoms with Crippen molar-refractivity contribution < 1.29 is 9.52 Å². The van der Waals surface area contributed by atoms with Crippen LogP contribution in [-0.2, 0) is 6.61 Å². The van der Waals surface area contributed by atoms with E-state index in [0.29, 0.717) is 17.3 Å². The van der Waals surface area contributed by atoms with Crippen molar-refractivity contribution in [2.45, 2.75) is 13.5 Å². The molecule has 2 aromatic rings. The lowest BCUT2D eigenvalue weighted by Gasteiger charge is -1.89. The molecule has 0 aliphatic heterocycles. The van der Waals surface area contributed by atoms with Crippen molar-refractivity contribution in [3.8, 4) is 0 Å². The van der Waals surface area contributed by atoms with Gasteiger partial charge >= 0.3 is 0 Å². The second-order valence-corrected chi connectivity index (χ2v) is 3.46. The topological polar surface area (TPSA) is 46.3 Å². The SMILES string of the molecule is Cc1oc(C=Cc2ccccc2)nc1CO. The zero-order valence-electron chi connectivity index (χ0n) is 9.05. The molecule has 16 heavy (non-hydrogen) atoms. The average Bonchev–Trinajstić information content (AvgIpc) is 2.69. The molecule has 3 heteroatoms. The molecule has 1 aromatic heterocycles. The summed E-state index contributed by atoms with van der Waals surface area (Å²) in [5.41, 5.74) is 1.68. The number of nitrogens with zero attached hydrogens (tertiary/aromatic N) is 1. The second kappa shape index (κ2) is 4.77. The van der Waals surface area contributed by atoms with Crippen LogP contribution >= 0.6 is 0 Å². The van der Waals surface area contributed by atoms with Crippen molar-refractivity contribution >= 4 is 12.2 Å². The molecule has 0 aliphatic rings. The summed E-state index contributed by atoms with van der Waals surface area (Å²) in [5.74, 6) is 1.18. The van der Waals surface area contributed by atoms with E-state index in [1.54, 1.807) is 13.0 Å². The minimum Gasteiger partial charge on any atom is -0.442 e. The Morgan fingerprint density at radius 3 is 2.62 bits per heavy atom. The lowest BCUT2D eigenvalue weighted by atomic mass is 10.2. The Labute approximate surface area is 94.1 Å². The molecule has 0 bridgehead atoms. The van der Waals surface area contributed by atoms with Crippen LogP contribution < -0.4 is 0 Å². The van der Waals surface area contributed by atoms with E-state index in [2.05, 4.69) is 4.98 Å². The molecular formula is C13H13NO2. The van der Waals surface area contributed by atoms with Gasteiger partial charge in [0.1, 0.15) is 11.5 Å². The van der Waals surface area contributed by atoms with Crippen molar-refractivity contribution in [3.05, 3.63) is 53.2 Å². The Balaban J connectivity index is 2.18. The lowest BCUT2D eigenvalue weighted by Crippen LogP contribution is -1.84. The van der Waals surface area contributed by atoms with Gasteiger partial charge < -0.3 is 9.52 Å². The molecule has 0 fully saturated rings. The van der Waals surface area contributed by atoms with Crippen LogP contribution in [0.25, 0.3) is 12.2 Å². The van der Waals surface area contributed by atoms with Gasteiger partial charge in [-0.1, -0.05) is 30.3 Å². The summed E-state index contributed by atoms with van der Waals surface area (Å²) in [6.45, 7) is 1.70. The third-order valence-corrected chi connectivity index (χ3v) is 2.28. The molecule has 1 heterocycles. The van der Waals surface area contributed by atoms with E-state index in [9.17, 15) is 0 Å². The fourth-order valence-corrected chi connectivity index (χ4v) is 1.40. The van der Waals surface area contributed by atoms with Crippen LogP contribution in [0.4, 0.5) is 0 Å². The third-order valence-electron chi connectivity index (χ3n) is 2.28. The molecule has 0 unspecified atom stereocenters. The van der Waals surface area contributed by atoms with E-state index < -0.39 is 0 Å². The fraction of sp³-hybridized carbons (Fsp3) is 0.154. The summed E-state index contributed by atoms with van der Waals surface area (Å²) >= 11 is 0. The molecule has 0 amide bonds. The van der Waals surface area contributed by atoms with Gasteiger partial charge in [-0.05, 0) is 18.6 Å². The monoisotopic (exact) mass is 215 g/mol. The zero-order valence-corrected chi connectivity index (χ0v) is 9.05. The minimum absolute atomic E-state index is 0.0888. The van der Waals surface area contributed by atoms with Crippen molar-refractivity contribution in [1.82, 2.24) is 4.98 Å². The highest BCUT2D eigenvalue weighted by Gasteiger charge is 2.05. The van der Waals surface area contributed by atoms with E-state index in [0.717, 1.165) is 5.56 Å². The molecule has 0 radical (unpaired) electrons. The number of aliphatic hydroxyl groups is 1. The molecule has 0 saturated carbocycles. The summed E-state index contributed by atoms with van der Waals surface area (Å²) in [5, 5.41) is 8.97. The summed E-state index contributed by atoms with van der Waals surface area (Å²) in [6, 6.07) is 9.91. The number of benzene rings is 1. The summed E-state index contributed by atoms with van der Waals surface area (Å²) in [4.78, 5) is 4.14. The van der Waals surface area contributed by atoms with Crippen LogP contribution in [-0.4, -0.2) is 10.1 Å². The molecule has 0 spiro atoms. The van der Waals surface area contributed by atoms with Crippen molar-refractivity contribution in [2.24, 2.45) is 0 Å². The smallest absolute Gasteiger partial charge is 0.219 e. The van der Waals surface area contributed by atoms with Gasteiger partial charge in [0.25, 0.3) is 0 Å². The van der Waals surface area contributed by atoms with Crippen LogP contribution in [0.3, 0.4) is 0 Å². The molecule has 0 saturated heterocycles. The predicted molar refractivity (Wildman–Crippen MR) is 62.5 cm³/mol.